The molecule has 2 aromatic heterocycles. The van der Waals surface area contributed by atoms with Crippen molar-refractivity contribution in [3.05, 3.63) is 64.2 Å². The smallest absolute Gasteiger partial charge is 0.316 e. The maximum absolute atomic E-state index is 12.5. The van der Waals surface area contributed by atoms with E-state index in [4.69, 9.17) is 4.74 Å². The number of nitrogens with zero attached hydrogens (tertiary/aromatic N) is 3. The van der Waals surface area contributed by atoms with Crippen molar-refractivity contribution >= 4 is 67.3 Å². The molecule has 1 amide bonds. The van der Waals surface area contributed by atoms with Crippen LogP contribution >= 0.6 is 34.4 Å². The minimum absolute atomic E-state index is 0.0628. The van der Waals surface area contributed by atoms with Gasteiger partial charge in [-0.2, -0.15) is 0 Å². The molecule has 0 bridgehead atoms. The van der Waals surface area contributed by atoms with Crippen molar-refractivity contribution < 1.29 is 14.3 Å². The number of fused-ring (bicyclic) bond motifs is 1. The fourth-order valence-corrected chi connectivity index (χ4v) is 6.33. The number of esters is 1. The zero-order valence-corrected chi connectivity index (χ0v) is 21.2. The van der Waals surface area contributed by atoms with Gasteiger partial charge in [0.1, 0.15) is 6.61 Å². The van der Waals surface area contributed by atoms with Crippen molar-refractivity contribution in [3.63, 3.8) is 0 Å². The molecular formula is C24H23N3O3S3. The van der Waals surface area contributed by atoms with Gasteiger partial charge in [0, 0.05) is 12.3 Å². The Morgan fingerprint density at radius 3 is 2.52 bits per heavy atom. The monoisotopic (exact) mass is 497 g/mol. The highest BCUT2D eigenvalue weighted by atomic mass is 32.2. The van der Waals surface area contributed by atoms with Gasteiger partial charge in [-0.1, -0.05) is 41.6 Å². The summed E-state index contributed by atoms with van der Waals surface area (Å²) < 4.78 is 7.34. The molecule has 0 saturated heterocycles. The van der Waals surface area contributed by atoms with Gasteiger partial charge in [-0.15, -0.1) is 22.7 Å². The molecular weight excluding hydrogens is 474 g/mol. The number of aryl methyl sites for hydroxylation is 3. The van der Waals surface area contributed by atoms with Crippen LogP contribution in [0.2, 0.25) is 0 Å². The molecule has 2 heterocycles. The van der Waals surface area contributed by atoms with E-state index >= 15 is 0 Å². The van der Waals surface area contributed by atoms with Crippen molar-refractivity contribution in [2.24, 2.45) is 0 Å². The fraction of sp³-hybridized carbons (Fsp3) is 0.250. The van der Waals surface area contributed by atoms with Gasteiger partial charge in [-0.3, -0.25) is 14.5 Å². The Bertz CT molecular complexity index is 1270. The highest BCUT2D eigenvalue weighted by Crippen LogP contribution is 2.35. The normalized spacial score (nSPS) is 11.0. The number of benzene rings is 2. The summed E-state index contributed by atoms with van der Waals surface area (Å²) in [6.07, 6.45) is 0. The molecule has 33 heavy (non-hydrogen) atoms. The Morgan fingerprint density at radius 1 is 1.09 bits per heavy atom. The van der Waals surface area contributed by atoms with E-state index in [0.29, 0.717) is 10.8 Å². The van der Waals surface area contributed by atoms with Gasteiger partial charge in [-0.05, 0) is 44.0 Å². The van der Waals surface area contributed by atoms with Gasteiger partial charge in [0.05, 0.1) is 27.4 Å². The maximum Gasteiger partial charge on any atom is 0.316 e. The molecule has 0 unspecified atom stereocenters. The number of para-hydroxylation sites is 1. The molecule has 4 aromatic rings. The number of carbonyl (C=O) groups excluding carboxylic acids is 2. The third-order valence-electron chi connectivity index (χ3n) is 4.87. The van der Waals surface area contributed by atoms with Crippen LogP contribution in [-0.2, 0) is 20.9 Å². The first-order chi connectivity index (χ1) is 15.8. The lowest BCUT2D eigenvalue weighted by atomic mass is 10.0. The number of carbonyl (C=O) groups is 2. The zero-order valence-electron chi connectivity index (χ0n) is 18.7. The Hall–Kier alpha value is -2.75. The summed E-state index contributed by atoms with van der Waals surface area (Å²) in [7, 11) is 0. The Labute approximate surface area is 204 Å². The van der Waals surface area contributed by atoms with E-state index in [2.05, 4.69) is 22.1 Å². The van der Waals surface area contributed by atoms with Crippen molar-refractivity contribution in [1.82, 2.24) is 9.97 Å². The zero-order chi connectivity index (χ0) is 23.5. The third-order valence-corrected chi connectivity index (χ3v) is 7.90. The molecule has 4 rings (SSSR count). The van der Waals surface area contributed by atoms with Crippen LogP contribution in [-0.4, -0.2) is 27.6 Å². The minimum Gasteiger partial charge on any atom is -0.459 e. The minimum atomic E-state index is -0.331. The predicted molar refractivity (Wildman–Crippen MR) is 136 cm³/mol. The molecule has 9 heteroatoms. The predicted octanol–water partition coefficient (Wildman–Crippen LogP) is 6.20. The first-order valence-corrected chi connectivity index (χ1v) is 13.0. The van der Waals surface area contributed by atoms with Crippen molar-refractivity contribution in [1.29, 1.82) is 0 Å². The van der Waals surface area contributed by atoms with Crippen LogP contribution in [0.4, 0.5) is 10.8 Å². The molecule has 0 atom stereocenters. The lowest BCUT2D eigenvalue weighted by Crippen LogP contribution is -2.24. The number of aromatic nitrogens is 2. The highest BCUT2D eigenvalue weighted by Gasteiger charge is 2.22. The molecule has 0 aliphatic rings. The van der Waals surface area contributed by atoms with Gasteiger partial charge < -0.3 is 4.74 Å². The molecule has 0 radical (unpaired) electrons. The number of thiazole rings is 2. The molecule has 0 aliphatic carbocycles. The van der Waals surface area contributed by atoms with Gasteiger partial charge in [0.2, 0.25) is 5.91 Å². The molecule has 0 N–H and O–H groups in total. The average molecular weight is 498 g/mol. The Balaban J connectivity index is 1.39. The van der Waals surface area contributed by atoms with E-state index in [0.717, 1.165) is 36.9 Å². The van der Waals surface area contributed by atoms with Crippen LogP contribution in [0.15, 0.2) is 46.1 Å². The van der Waals surface area contributed by atoms with Crippen LogP contribution in [0.1, 0.15) is 29.3 Å². The second kappa shape index (κ2) is 10.0. The number of thioether (sulfide) groups is 1. The molecule has 2 aromatic carbocycles. The lowest BCUT2D eigenvalue weighted by molar-refractivity contribution is -0.141. The van der Waals surface area contributed by atoms with E-state index in [1.165, 1.54) is 30.0 Å². The van der Waals surface area contributed by atoms with Gasteiger partial charge in [0.15, 0.2) is 9.47 Å². The van der Waals surface area contributed by atoms with Crippen molar-refractivity contribution in [3.8, 4) is 0 Å². The Morgan fingerprint density at radius 2 is 1.82 bits per heavy atom. The number of ether oxygens (including phenoxy) is 1. The van der Waals surface area contributed by atoms with E-state index in [1.807, 2.05) is 50.4 Å². The van der Waals surface area contributed by atoms with Gasteiger partial charge in [-0.25, -0.2) is 9.97 Å². The number of amides is 1. The fourth-order valence-electron chi connectivity index (χ4n) is 3.61. The molecule has 170 valence electrons. The van der Waals surface area contributed by atoms with Crippen LogP contribution in [0.3, 0.4) is 0 Å². The number of rotatable bonds is 7. The summed E-state index contributed by atoms with van der Waals surface area (Å²) >= 11 is 4.28. The summed E-state index contributed by atoms with van der Waals surface area (Å²) in [5.41, 5.74) is 5.56. The van der Waals surface area contributed by atoms with Gasteiger partial charge >= 0.3 is 5.97 Å². The van der Waals surface area contributed by atoms with Crippen LogP contribution in [0.5, 0.6) is 0 Å². The maximum atomic E-state index is 12.5. The van der Waals surface area contributed by atoms with E-state index in [9.17, 15) is 9.59 Å². The van der Waals surface area contributed by atoms with Crippen LogP contribution < -0.4 is 4.90 Å². The summed E-state index contributed by atoms with van der Waals surface area (Å²) in [5.74, 6) is -0.268. The van der Waals surface area contributed by atoms with E-state index in [-0.39, 0.29) is 24.2 Å². The quantitative estimate of drug-likeness (QED) is 0.224. The van der Waals surface area contributed by atoms with Crippen LogP contribution in [0.25, 0.3) is 10.2 Å². The summed E-state index contributed by atoms with van der Waals surface area (Å²) in [6, 6.07) is 12.0. The first-order valence-electron chi connectivity index (χ1n) is 10.3. The standard InChI is InChI=1S/C24H23N3O3S3/c1-14-9-15(2)22(16(3)10-14)27(17(4)28)23-25-18(12-31-23)11-30-21(29)13-32-24-26-19-7-5-6-8-20(19)33-24/h5-10,12H,11,13H2,1-4H3. The second-order valence-corrected chi connectivity index (χ2v) is 10.7. The van der Waals surface area contributed by atoms with Crippen molar-refractivity contribution in [2.45, 2.75) is 38.6 Å². The molecule has 6 nitrogen and oxygen atoms in total. The SMILES string of the molecule is CC(=O)N(c1nc(COC(=O)CSc2nc3ccccc3s2)cs1)c1c(C)cc(C)cc1C. The largest absolute Gasteiger partial charge is 0.459 e. The topological polar surface area (TPSA) is 72.4 Å². The molecule has 0 spiro atoms. The lowest BCUT2D eigenvalue weighted by Gasteiger charge is -2.23. The number of hydrogen-bond acceptors (Lipinski definition) is 8. The van der Waals surface area contributed by atoms with Crippen molar-refractivity contribution in [2.75, 3.05) is 10.7 Å². The second-order valence-electron chi connectivity index (χ2n) is 7.62. The van der Waals surface area contributed by atoms with E-state index < -0.39 is 0 Å². The Kier molecular flexibility index (Phi) is 7.11. The third kappa shape index (κ3) is 5.43. The first kappa shape index (κ1) is 23.4. The molecule has 0 saturated carbocycles. The summed E-state index contributed by atoms with van der Waals surface area (Å²) in [6.45, 7) is 7.61. The molecule has 0 fully saturated rings. The highest BCUT2D eigenvalue weighted by molar-refractivity contribution is 8.01. The van der Waals surface area contributed by atoms with Crippen LogP contribution in [0, 0.1) is 20.8 Å². The van der Waals surface area contributed by atoms with E-state index in [1.54, 1.807) is 16.2 Å². The number of hydrogen-bond donors (Lipinski definition) is 0. The average Bonchev–Trinajstić information content (AvgIpc) is 3.39. The number of anilines is 2. The summed E-state index contributed by atoms with van der Waals surface area (Å²) in [5, 5.41) is 2.38. The van der Waals surface area contributed by atoms with Gasteiger partial charge in [0.25, 0.3) is 0 Å². The molecule has 0 aliphatic heterocycles. The summed E-state index contributed by atoms with van der Waals surface area (Å²) in [4.78, 5) is 35.4.